The lowest BCUT2D eigenvalue weighted by Crippen LogP contribution is -2.43. The van der Waals surface area contributed by atoms with Crippen LogP contribution in [0.15, 0.2) is 0 Å². The molecule has 2 fully saturated rings. The van der Waals surface area contributed by atoms with Crippen LogP contribution in [0, 0.1) is 5.92 Å². The van der Waals surface area contributed by atoms with Crippen LogP contribution >= 0.6 is 0 Å². The van der Waals surface area contributed by atoms with Gasteiger partial charge in [0, 0.05) is 40.3 Å². The summed E-state index contributed by atoms with van der Waals surface area (Å²) >= 11 is -1.86. The normalized spacial score (nSPS) is 16.6. The van der Waals surface area contributed by atoms with Crippen LogP contribution in [0.5, 0.6) is 0 Å². The average molecular weight is 336 g/mol. The molecule has 22 heavy (non-hydrogen) atoms. The van der Waals surface area contributed by atoms with Gasteiger partial charge in [-0.1, -0.05) is 18.0 Å². The SMILES string of the molecule is CC1CN(C=O)C1.CN(C)C=O.CS(=O)[O-].O=CN1CCC1. The molecule has 2 aliphatic heterocycles. The second-order valence-corrected chi connectivity index (χ2v) is 5.93. The first-order valence-electron chi connectivity index (χ1n) is 6.78. The van der Waals surface area contributed by atoms with Gasteiger partial charge in [-0.2, -0.15) is 0 Å². The van der Waals surface area contributed by atoms with Crippen LogP contribution in [0.25, 0.3) is 0 Å². The minimum absolute atomic E-state index is 0.741. The molecule has 2 heterocycles. The first kappa shape index (κ1) is 22.8. The predicted molar refractivity (Wildman–Crippen MR) is 83.6 cm³/mol. The Balaban J connectivity index is 0. The topological polar surface area (TPSA) is 101 Å². The highest BCUT2D eigenvalue weighted by atomic mass is 32.2. The van der Waals surface area contributed by atoms with E-state index in [2.05, 4.69) is 6.92 Å². The molecule has 3 amide bonds. The van der Waals surface area contributed by atoms with E-state index in [0.717, 1.165) is 57.6 Å². The Kier molecular flexibility index (Phi) is 15.0. The number of rotatable bonds is 3. The Morgan fingerprint density at radius 3 is 1.50 bits per heavy atom. The van der Waals surface area contributed by atoms with Crippen LogP contribution in [0.3, 0.4) is 0 Å². The second kappa shape index (κ2) is 14.5. The molecule has 0 aliphatic carbocycles. The minimum atomic E-state index is -1.86. The Bertz CT molecular complexity index is 328. The second-order valence-electron chi connectivity index (χ2n) is 5.13. The predicted octanol–water partition coefficient (Wildman–Crippen LogP) is -0.857. The molecule has 0 spiro atoms. The Morgan fingerprint density at radius 1 is 1.09 bits per heavy atom. The standard InChI is InChI=1S/C5H9NO.C4H7NO.C3H7NO.CH4O2S/c1-5-2-6(3-5)4-7;6-4-5-2-1-3-5;1-4(2)3-5;1-4(2)3/h4-5H,2-3H2,1H3;4H,1-3H2;3H,1-2H3;1H3,(H,2,3)/p-1. The van der Waals surface area contributed by atoms with Crippen molar-refractivity contribution >= 4 is 30.3 Å². The van der Waals surface area contributed by atoms with Crippen LogP contribution in [-0.4, -0.2) is 89.2 Å². The maximum atomic E-state index is 9.86. The summed E-state index contributed by atoms with van der Waals surface area (Å²) in [5.41, 5.74) is 0. The maximum Gasteiger partial charge on any atom is 0.209 e. The molecule has 0 saturated carbocycles. The van der Waals surface area contributed by atoms with Crippen LogP contribution in [0.2, 0.25) is 0 Å². The zero-order valence-electron chi connectivity index (χ0n) is 13.6. The van der Waals surface area contributed by atoms with E-state index in [9.17, 15) is 14.4 Å². The summed E-state index contributed by atoms with van der Waals surface area (Å²) in [5.74, 6) is 0.741. The Hall–Kier alpha value is -1.48. The van der Waals surface area contributed by atoms with Gasteiger partial charge in [-0.3, -0.25) is 18.6 Å². The van der Waals surface area contributed by atoms with E-state index in [0.29, 0.717) is 0 Å². The molecule has 0 aromatic rings. The smallest absolute Gasteiger partial charge is 0.209 e. The van der Waals surface area contributed by atoms with Gasteiger partial charge in [-0.25, -0.2) is 0 Å². The fourth-order valence-corrected chi connectivity index (χ4v) is 1.28. The monoisotopic (exact) mass is 336 g/mol. The summed E-state index contributed by atoms with van der Waals surface area (Å²) in [6, 6.07) is 0. The molecule has 2 rings (SSSR count). The van der Waals surface area contributed by atoms with Gasteiger partial charge < -0.3 is 19.3 Å². The third-order valence-corrected chi connectivity index (χ3v) is 2.49. The van der Waals surface area contributed by atoms with Crippen molar-refractivity contribution in [2.45, 2.75) is 13.3 Å². The van der Waals surface area contributed by atoms with Crippen molar-refractivity contribution in [1.29, 1.82) is 0 Å². The van der Waals surface area contributed by atoms with Gasteiger partial charge >= 0.3 is 0 Å². The molecule has 9 heteroatoms. The van der Waals surface area contributed by atoms with Gasteiger partial charge in [-0.15, -0.1) is 0 Å². The molecule has 2 aliphatic rings. The third-order valence-electron chi connectivity index (χ3n) is 2.49. The number of hydrogen-bond acceptors (Lipinski definition) is 5. The molecule has 1 unspecified atom stereocenters. The number of likely N-dealkylation sites (tertiary alicyclic amines) is 2. The van der Waals surface area contributed by atoms with E-state index in [1.54, 1.807) is 23.9 Å². The van der Waals surface area contributed by atoms with Crippen LogP contribution in [0.4, 0.5) is 0 Å². The highest BCUT2D eigenvalue weighted by molar-refractivity contribution is 7.78. The largest absolute Gasteiger partial charge is 0.773 e. The molecule has 1 atom stereocenters. The first-order valence-corrected chi connectivity index (χ1v) is 8.26. The van der Waals surface area contributed by atoms with Crippen molar-refractivity contribution in [3.05, 3.63) is 0 Å². The molecule has 0 N–H and O–H groups in total. The quantitative estimate of drug-likeness (QED) is 0.493. The number of carbonyl (C=O) groups is 3. The van der Waals surface area contributed by atoms with Gasteiger partial charge in [0.1, 0.15) is 0 Å². The zero-order chi connectivity index (χ0) is 17.5. The summed E-state index contributed by atoms with van der Waals surface area (Å²) < 4.78 is 18.0. The first-order chi connectivity index (χ1) is 10.3. The summed E-state index contributed by atoms with van der Waals surface area (Å²) in [6.07, 6.45) is 4.82. The number of hydrogen-bond donors (Lipinski definition) is 0. The van der Waals surface area contributed by atoms with Gasteiger partial charge in [0.15, 0.2) is 0 Å². The summed E-state index contributed by atoms with van der Waals surface area (Å²) in [5, 5.41) is 0. The lowest BCUT2D eigenvalue weighted by molar-refractivity contribution is -0.123. The van der Waals surface area contributed by atoms with Crippen molar-refractivity contribution in [1.82, 2.24) is 14.7 Å². The minimum Gasteiger partial charge on any atom is -0.773 e. The average Bonchev–Trinajstić information content (AvgIpc) is 2.34. The summed E-state index contributed by atoms with van der Waals surface area (Å²) in [6.45, 7) is 6.01. The van der Waals surface area contributed by atoms with Crippen LogP contribution in [0.1, 0.15) is 13.3 Å². The van der Waals surface area contributed by atoms with Crippen molar-refractivity contribution in [2.24, 2.45) is 5.92 Å². The zero-order valence-corrected chi connectivity index (χ0v) is 14.5. The highest BCUT2D eigenvalue weighted by Crippen LogP contribution is 2.09. The molecular weight excluding hydrogens is 310 g/mol. The van der Waals surface area contributed by atoms with Crippen LogP contribution in [-0.2, 0) is 25.5 Å². The van der Waals surface area contributed by atoms with Crippen molar-refractivity contribution < 1.29 is 23.1 Å². The van der Waals surface area contributed by atoms with E-state index in [4.69, 9.17) is 8.76 Å². The lowest BCUT2D eigenvalue weighted by Gasteiger charge is -2.33. The van der Waals surface area contributed by atoms with Crippen LogP contribution < -0.4 is 0 Å². The molecule has 0 bridgehead atoms. The summed E-state index contributed by atoms with van der Waals surface area (Å²) in [4.78, 5) is 34.0. The molecule has 2 saturated heterocycles. The molecular formula is C13H26N3O5S-. The van der Waals surface area contributed by atoms with Gasteiger partial charge in [0.05, 0.1) is 0 Å². The van der Waals surface area contributed by atoms with Crippen molar-refractivity contribution in [3.8, 4) is 0 Å². The molecule has 130 valence electrons. The Labute approximate surface area is 134 Å². The van der Waals surface area contributed by atoms with Crippen molar-refractivity contribution in [2.75, 3.05) is 46.5 Å². The number of carbonyl (C=O) groups excluding carboxylic acids is 3. The fraction of sp³-hybridized carbons (Fsp3) is 0.769. The third kappa shape index (κ3) is 16.6. The van der Waals surface area contributed by atoms with E-state index in [1.807, 2.05) is 0 Å². The van der Waals surface area contributed by atoms with Gasteiger partial charge in [0.25, 0.3) is 0 Å². The van der Waals surface area contributed by atoms with E-state index >= 15 is 0 Å². The van der Waals surface area contributed by atoms with E-state index in [-0.39, 0.29) is 0 Å². The number of nitrogens with zero attached hydrogens (tertiary/aromatic N) is 3. The molecule has 0 aromatic heterocycles. The molecule has 8 nitrogen and oxygen atoms in total. The molecule has 0 radical (unpaired) electrons. The Morgan fingerprint density at radius 2 is 1.45 bits per heavy atom. The van der Waals surface area contributed by atoms with E-state index < -0.39 is 11.1 Å². The molecule has 0 aromatic carbocycles. The number of amides is 3. The van der Waals surface area contributed by atoms with Gasteiger partial charge in [0.2, 0.25) is 19.2 Å². The fourth-order valence-electron chi connectivity index (χ4n) is 1.28. The lowest BCUT2D eigenvalue weighted by atomic mass is 10.1. The van der Waals surface area contributed by atoms with E-state index in [1.165, 1.54) is 11.3 Å². The van der Waals surface area contributed by atoms with Crippen molar-refractivity contribution in [3.63, 3.8) is 0 Å². The maximum absolute atomic E-state index is 9.86. The summed E-state index contributed by atoms with van der Waals surface area (Å²) in [7, 11) is 3.38. The highest BCUT2D eigenvalue weighted by Gasteiger charge is 2.19. The van der Waals surface area contributed by atoms with Gasteiger partial charge in [-0.05, 0) is 18.6 Å².